The summed E-state index contributed by atoms with van der Waals surface area (Å²) < 4.78 is 4.58. The molecule has 3 rings (SSSR count). The van der Waals surface area contributed by atoms with Crippen molar-refractivity contribution in [1.82, 2.24) is 15.0 Å². The van der Waals surface area contributed by atoms with E-state index in [4.69, 9.17) is 0 Å². The van der Waals surface area contributed by atoms with Crippen LogP contribution in [0.2, 0.25) is 0 Å². The molecule has 104 valence electrons. The maximum atomic E-state index is 11.3. The lowest BCUT2D eigenvalue weighted by atomic mass is 10.2. The largest absolute Gasteiger partial charge is 0.464 e. The Labute approximate surface area is 120 Å². The zero-order chi connectivity index (χ0) is 14.7. The number of hydrogen-bond acceptors (Lipinski definition) is 6. The molecule has 6 heteroatoms. The lowest BCUT2D eigenvalue weighted by Gasteiger charge is -2.08. The number of para-hydroxylation sites is 1. The minimum atomic E-state index is -0.513. The first-order chi connectivity index (χ1) is 10.3. The molecule has 0 spiro atoms. The smallest absolute Gasteiger partial charge is 0.358 e. The van der Waals surface area contributed by atoms with Gasteiger partial charge in [-0.1, -0.05) is 18.2 Å². The first-order valence-corrected chi connectivity index (χ1v) is 6.29. The Kier molecular flexibility index (Phi) is 3.42. The first-order valence-electron chi connectivity index (χ1n) is 6.29. The number of anilines is 2. The van der Waals surface area contributed by atoms with E-state index in [2.05, 4.69) is 25.0 Å². The third-order valence-electron chi connectivity index (χ3n) is 2.94. The number of hydrogen-bond donors (Lipinski definition) is 1. The molecule has 1 N–H and O–H groups in total. The molecule has 0 amide bonds. The highest BCUT2D eigenvalue weighted by Gasteiger charge is 2.08. The van der Waals surface area contributed by atoms with E-state index >= 15 is 0 Å². The van der Waals surface area contributed by atoms with Crippen molar-refractivity contribution in [1.29, 1.82) is 0 Å². The minimum absolute atomic E-state index is 0.166. The van der Waals surface area contributed by atoms with Crippen LogP contribution < -0.4 is 5.32 Å². The molecule has 0 radical (unpaired) electrons. The average Bonchev–Trinajstić information content (AvgIpc) is 2.55. The van der Waals surface area contributed by atoms with E-state index in [1.165, 1.54) is 19.5 Å². The van der Waals surface area contributed by atoms with Gasteiger partial charge in [-0.2, -0.15) is 0 Å². The molecule has 2 heterocycles. The van der Waals surface area contributed by atoms with Gasteiger partial charge in [0.15, 0.2) is 5.69 Å². The molecule has 6 nitrogen and oxygen atoms in total. The average molecular weight is 280 g/mol. The van der Waals surface area contributed by atoms with Gasteiger partial charge in [0.05, 0.1) is 30.7 Å². The van der Waals surface area contributed by atoms with Crippen molar-refractivity contribution in [2.24, 2.45) is 0 Å². The second kappa shape index (κ2) is 5.54. The number of pyridine rings is 1. The number of rotatable bonds is 3. The molecule has 0 saturated heterocycles. The van der Waals surface area contributed by atoms with Crippen LogP contribution in [0.4, 0.5) is 11.5 Å². The summed E-state index contributed by atoms with van der Waals surface area (Å²) in [6, 6.07) is 9.70. The number of nitrogens with zero attached hydrogens (tertiary/aromatic N) is 3. The summed E-state index contributed by atoms with van der Waals surface area (Å²) in [6.45, 7) is 0. The van der Waals surface area contributed by atoms with E-state index in [1.54, 1.807) is 6.20 Å². The van der Waals surface area contributed by atoms with Crippen LogP contribution in [-0.2, 0) is 4.74 Å². The molecule has 1 aromatic carbocycles. The van der Waals surface area contributed by atoms with E-state index in [9.17, 15) is 4.79 Å². The molecular formula is C15H12N4O2. The van der Waals surface area contributed by atoms with Crippen LogP contribution in [0.3, 0.4) is 0 Å². The van der Waals surface area contributed by atoms with Crippen molar-refractivity contribution in [3.05, 3.63) is 54.6 Å². The van der Waals surface area contributed by atoms with Crippen molar-refractivity contribution in [3.63, 3.8) is 0 Å². The molecule has 0 bridgehead atoms. The molecule has 0 atom stereocenters. The highest BCUT2D eigenvalue weighted by molar-refractivity contribution is 5.91. The predicted octanol–water partition coefficient (Wildman–Crippen LogP) is 2.55. The lowest BCUT2D eigenvalue weighted by molar-refractivity contribution is 0.0593. The van der Waals surface area contributed by atoms with Crippen LogP contribution in [0.5, 0.6) is 0 Å². The van der Waals surface area contributed by atoms with Crippen LogP contribution in [-0.4, -0.2) is 28.0 Å². The Balaban J connectivity index is 1.90. The number of nitrogens with one attached hydrogen (secondary N) is 1. The maximum absolute atomic E-state index is 11.3. The standard InChI is InChI=1S/C15H12N4O2/c1-21-15(20)12-8-18-13(9-17-12)19-11-6-2-4-10-5-3-7-16-14(10)11/h2-9H,1H3,(H,18,19). The van der Waals surface area contributed by atoms with E-state index in [1.807, 2.05) is 30.3 Å². The Morgan fingerprint density at radius 1 is 1.10 bits per heavy atom. The van der Waals surface area contributed by atoms with E-state index in [0.29, 0.717) is 5.82 Å². The number of esters is 1. The summed E-state index contributed by atoms with van der Waals surface area (Å²) in [6.07, 6.45) is 4.58. The van der Waals surface area contributed by atoms with Gasteiger partial charge in [0.2, 0.25) is 0 Å². The Morgan fingerprint density at radius 2 is 1.95 bits per heavy atom. The minimum Gasteiger partial charge on any atom is -0.464 e. The summed E-state index contributed by atoms with van der Waals surface area (Å²) >= 11 is 0. The number of benzene rings is 1. The SMILES string of the molecule is COC(=O)c1cnc(Nc2cccc3cccnc23)cn1. The lowest BCUT2D eigenvalue weighted by Crippen LogP contribution is -2.05. The number of ether oxygens (including phenoxy) is 1. The zero-order valence-corrected chi connectivity index (χ0v) is 11.3. The Bertz CT molecular complexity index is 782. The molecule has 3 aromatic rings. The second-order valence-corrected chi connectivity index (χ2v) is 4.28. The fraction of sp³-hybridized carbons (Fsp3) is 0.0667. The van der Waals surface area contributed by atoms with Gasteiger partial charge in [0, 0.05) is 11.6 Å². The normalized spacial score (nSPS) is 10.3. The third kappa shape index (κ3) is 2.64. The predicted molar refractivity (Wildman–Crippen MR) is 78.4 cm³/mol. The third-order valence-corrected chi connectivity index (χ3v) is 2.94. The van der Waals surface area contributed by atoms with E-state index < -0.39 is 5.97 Å². The Morgan fingerprint density at radius 3 is 2.71 bits per heavy atom. The van der Waals surface area contributed by atoms with Crippen LogP contribution in [0.1, 0.15) is 10.5 Å². The van der Waals surface area contributed by atoms with Gasteiger partial charge in [-0.05, 0) is 12.1 Å². The number of fused-ring (bicyclic) bond motifs is 1. The van der Waals surface area contributed by atoms with Gasteiger partial charge in [0.1, 0.15) is 5.82 Å². The maximum Gasteiger partial charge on any atom is 0.358 e. The summed E-state index contributed by atoms with van der Waals surface area (Å²) in [5.41, 5.74) is 1.84. The van der Waals surface area contributed by atoms with Gasteiger partial charge in [-0.3, -0.25) is 4.98 Å². The van der Waals surface area contributed by atoms with Crippen LogP contribution in [0.25, 0.3) is 10.9 Å². The van der Waals surface area contributed by atoms with Crippen molar-refractivity contribution >= 4 is 28.4 Å². The van der Waals surface area contributed by atoms with E-state index in [0.717, 1.165) is 16.6 Å². The molecule has 0 saturated carbocycles. The van der Waals surface area contributed by atoms with Gasteiger partial charge in [-0.15, -0.1) is 0 Å². The van der Waals surface area contributed by atoms with Crippen LogP contribution in [0, 0.1) is 0 Å². The second-order valence-electron chi connectivity index (χ2n) is 4.28. The topological polar surface area (TPSA) is 77.0 Å². The summed E-state index contributed by atoms with van der Waals surface area (Å²) in [4.78, 5) is 23.8. The number of carbonyl (C=O) groups is 1. The molecule has 21 heavy (non-hydrogen) atoms. The molecule has 0 fully saturated rings. The fourth-order valence-corrected chi connectivity index (χ4v) is 1.95. The monoisotopic (exact) mass is 280 g/mol. The summed E-state index contributed by atoms with van der Waals surface area (Å²) in [7, 11) is 1.30. The van der Waals surface area contributed by atoms with Gasteiger partial charge < -0.3 is 10.1 Å². The highest BCUT2D eigenvalue weighted by Crippen LogP contribution is 2.23. The molecule has 0 unspecified atom stereocenters. The molecule has 2 aromatic heterocycles. The molecule has 0 aliphatic carbocycles. The van der Waals surface area contributed by atoms with Gasteiger partial charge in [-0.25, -0.2) is 14.8 Å². The van der Waals surface area contributed by atoms with Crippen LogP contribution >= 0.6 is 0 Å². The molecule has 0 aliphatic heterocycles. The van der Waals surface area contributed by atoms with Crippen LogP contribution in [0.15, 0.2) is 48.9 Å². The molecular weight excluding hydrogens is 268 g/mol. The van der Waals surface area contributed by atoms with E-state index in [-0.39, 0.29) is 5.69 Å². The van der Waals surface area contributed by atoms with Gasteiger partial charge >= 0.3 is 5.97 Å². The van der Waals surface area contributed by atoms with Crippen molar-refractivity contribution < 1.29 is 9.53 Å². The fourth-order valence-electron chi connectivity index (χ4n) is 1.95. The zero-order valence-electron chi connectivity index (χ0n) is 11.3. The molecule has 0 aliphatic rings. The first kappa shape index (κ1) is 13.0. The summed E-state index contributed by atoms with van der Waals surface area (Å²) in [5, 5.41) is 4.17. The Hall–Kier alpha value is -3.02. The quantitative estimate of drug-likeness (QED) is 0.743. The van der Waals surface area contributed by atoms with Crippen molar-refractivity contribution in [3.8, 4) is 0 Å². The summed E-state index contributed by atoms with van der Waals surface area (Å²) in [5.74, 6) is 0.0154. The highest BCUT2D eigenvalue weighted by atomic mass is 16.5. The number of aromatic nitrogens is 3. The number of methoxy groups -OCH3 is 1. The number of carbonyl (C=O) groups excluding carboxylic acids is 1. The van der Waals surface area contributed by atoms with Crippen molar-refractivity contribution in [2.45, 2.75) is 0 Å². The van der Waals surface area contributed by atoms with Gasteiger partial charge in [0.25, 0.3) is 0 Å². The van der Waals surface area contributed by atoms with Crippen molar-refractivity contribution in [2.75, 3.05) is 12.4 Å².